The molecule has 0 aromatic heterocycles. The minimum Gasteiger partial charge on any atom is -0.465 e. The van der Waals surface area contributed by atoms with Crippen LogP contribution in [0.25, 0.3) is 0 Å². The average molecular weight is 346 g/mol. The highest BCUT2D eigenvalue weighted by Gasteiger charge is 2.21. The zero-order valence-corrected chi connectivity index (χ0v) is 14.9. The van der Waals surface area contributed by atoms with Crippen molar-refractivity contribution in [3.63, 3.8) is 0 Å². The number of hydrogen-bond donors (Lipinski definition) is 1. The molecule has 1 aromatic rings. The molecule has 0 heterocycles. The van der Waals surface area contributed by atoms with Crippen molar-refractivity contribution in [3.05, 3.63) is 29.8 Å². The predicted molar refractivity (Wildman–Crippen MR) is 95.4 cm³/mol. The van der Waals surface area contributed by atoms with E-state index in [-0.39, 0.29) is 17.7 Å². The molecule has 2 rings (SSSR count). The molecule has 2 amide bonds. The van der Waals surface area contributed by atoms with E-state index < -0.39 is 5.97 Å². The fraction of sp³-hybridized carbons (Fsp3) is 0.526. The first-order valence-electron chi connectivity index (χ1n) is 8.77. The monoisotopic (exact) mass is 346 g/mol. The Balaban J connectivity index is 1.91. The summed E-state index contributed by atoms with van der Waals surface area (Å²) >= 11 is 0. The lowest BCUT2D eigenvalue weighted by molar-refractivity contribution is -0.126. The maximum Gasteiger partial charge on any atom is 0.337 e. The first-order valence-corrected chi connectivity index (χ1v) is 8.77. The zero-order valence-electron chi connectivity index (χ0n) is 14.9. The summed E-state index contributed by atoms with van der Waals surface area (Å²) in [4.78, 5) is 37.2. The van der Waals surface area contributed by atoms with Gasteiger partial charge in [0.25, 0.3) is 0 Å². The molecule has 1 saturated carbocycles. The Morgan fingerprint density at radius 3 is 2.32 bits per heavy atom. The number of amides is 2. The number of benzene rings is 1. The van der Waals surface area contributed by atoms with Crippen LogP contribution in [0, 0.1) is 5.92 Å². The predicted octanol–water partition coefficient (Wildman–Crippen LogP) is 2.52. The minimum atomic E-state index is -0.416. The van der Waals surface area contributed by atoms with Gasteiger partial charge in [-0.05, 0) is 37.1 Å². The van der Waals surface area contributed by atoms with Gasteiger partial charge in [0, 0.05) is 31.6 Å². The van der Waals surface area contributed by atoms with Gasteiger partial charge in [-0.25, -0.2) is 4.79 Å². The van der Waals surface area contributed by atoms with E-state index >= 15 is 0 Å². The summed E-state index contributed by atoms with van der Waals surface area (Å²) in [6.07, 6.45) is 5.35. The number of carbonyl (C=O) groups excluding carboxylic acids is 3. The van der Waals surface area contributed by atoms with E-state index in [0.717, 1.165) is 25.7 Å². The second kappa shape index (κ2) is 9.20. The second-order valence-electron chi connectivity index (χ2n) is 6.34. The molecule has 0 aliphatic heterocycles. The number of methoxy groups -OCH3 is 1. The van der Waals surface area contributed by atoms with Gasteiger partial charge in [-0.1, -0.05) is 19.3 Å². The van der Waals surface area contributed by atoms with Crippen LogP contribution in [0.1, 0.15) is 49.4 Å². The van der Waals surface area contributed by atoms with Crippen molar-refractivity contribution in [2.45, 2.75) is 39.0 Å². The van der Waals surface area contributed by atoms with Crippen LogP contribution in [0.4, 0.5) is 5.69 Å². The summed E-state index contributed by atoms with van der Waals surface area (Å²) in [6, 6.07) is 6.66. The van der Waals surface area contributed by atoms with Crippen molar-refractivity contribution < 1.29 is 19.1 Å². The van der Waals surface area contributed by atoms with Crippen LogP contribution in [-0.2, 0) is 14.3 Å². The number of esters is 1. The molecule has 0 atom stereocenters. The number of anilines is 1. The molecule has 136 valence electrons. The van der Waals surface area contributed by atoms with Crippen LogP contribution in [0.3, 0.4) is 0 Å². The van der Waals surface area contributed by atoms with Crippen LogP contribution >= 0.6 is 0 Å². The van der Waals surface area contributed by atoms with Gasteiger partial charge >= 0.3 is 5.97 Å². The van der Waals surface area contributed by atoms with Crippen LogP contribution in [-0.4, -0.2) is 38.0 Å². The minimum absolute atomic E-state index is 0.0873. The molecule has 1 fully saturated rings. The maximum absolute atomic E-state index is 12.2. The third-order valence-corrected chi connectivity index (χ3v) is 4.59. The number of carbonyl (C=O) groups is 3. The van der Waals surface area contributed by atoms with Gasteiger partial charge in [0.1, 0.15) is 0 Å². The first-order chi connectivity index (χ1) is 12.0. The molecule has 6 nitrogen and oxygen atoms in total. The van der Waals surface area contributed by atoms with Crippen LogP contribution in [0.5, 0.6) is 0 Å². The molecule has 6 heteroatoms. The van der Waals surface area contributed by atoms with Crippen molar-refractivity contribution in [2.24, 2.45) is 5.92 Å². The molecule has 0 spiro atoms. The topological polar surface area (TPSA) is 75.7 Å². The Bertz CT molecular complexity index is 606. The maximum atomic E-state index is 12.2. The van der Waals surface area contributed by atoms with Crippen LogP contribution in [0.2, 0.25) is 0 Å². The molecule has 0 saturated heterocycles. The molecule has 0 radical (unpaired) electrons. The molecule has 25 heavy (non-hydrogen) atoms. The Labute approximate surface area is 148 Å². The van der Waals surface area contributed by atoms with Crippen molar-refractivity contribution >= 4 is 23.5 Å². The second-order valence-corrected chi connectivity index (χ2v) is 6.34. The van der Waals surface area contributed by atoms with E-state index in [2.05, 4.69) is 10.1 Å². The third-order valence-electron chi connectivity index (χ3n) is 4.59. The van der Waals surface area contributed by atoms with E-state index in [1.165, 1.54) is 20.5 Å². The van der Waals surface area contributed by atoms with Gasteiger partial charge in [-0.3, -0.25) is 9.59 Å². The van der Waals surface area contributed by atoms with E-state index in [0.29, 0.717) is 24.3 Å². The van der Waals surface area contributed by atoms with Crippen molar-refractivity contribution in [2.75, 3.05) is 25.1 Å². The molecular formula is C19H26N2O4. The molecule has 1 N–H and O–H groups in total. The van der Waals surface area contributed by atoms with Gasteiger partial charge in [0.05, 0.1) is 12.7 Å². The number of rotatable bonds is 6. The van der Waals surface area contributed by atoms with Gasteiger partial charge < -0.3 is 15.0 Å². The fourth-order valence-electron chi connectivity index (χ4n) is 3.16. The molecule has 1 aliphatic carbocycles. The Hall–Kier alpha value is -2.37. The molecule has 1 aliphatic rings. The lowest BCUT2D eigenvalue weighted by Gasteiger charge is -2.24. The van der Waals surface area contributed by atoms with Gasteiger partial charge in [-0.15, -0.1) is 0 Å². The number of hydrogen-bond acceptors (Lipinski definition) is 4. The van der Waals surface area contributed by atoms with Crippen molar-refractivity contribution in [3.8, 4) is 0 Å². The Morgan fingerprint density at radius 2 is 1.76 bits per heavy atom. The standard InChI is InChI=1S/C19H26N2O4/c1-14(22)21(17-10-8-16(9-11-17)19(24)25-2)13-12-20-18(23)15-6-4-3-5-7-15/h8-11,15H,3-7,12-13H2,1-2H3,(H,20,23). The van der Waals surface area contributed by atoms with Crippen LogP contribution < -0.4 is 10.2 Å². The smallest absolute Gasteiger partial charge is 0.337 e. The molecule has 1 aromatic carbocycles. The van der Waals surface area contributed by atoms with E-state index in [9.17, 15) is 14.4 Å². The first kappa shape index (κ1) is 19.0. The average Bonchev–Trinajstić information content (AvgIpc) is 2.65. The number of ether oxygens (including phenoxy) is 1. The van der Waals surface area contributed by atoms with Gasteiger partial charge in [0.2, 0.25) is 11.8 Å². The Kier molecular flexibility index (Phi) is 6.98. The summed E-state index contributed by atoms with van der Waals surface area (Å²) < 4.78 is 4.67. The summed E-state index contributed by atoms with van der Waals surface area (Å²) in [7, 11) is 1.33. The summed E-state index contributed by atoms with van der Waals surface area (Å²) in [5.74, 6) is -0.332. The van der Waals surface area contributed by atoms with Crippen LogP contribution in [0.15, 0.2) is 24.3 Å². The highest BCUT2D eigenvalue weighted by Crippen LogP contribution is 2.23. The number of nitrogens with one attached hydrogen (secondary N) is 1. The molecule has 0 unspecified atom stereocenters. The van der Waals surface area contributed by atoms with E-state index in [1.807, 2.05) is 0 Å². The van der Waals surface area contributed by atoms with Crippen molar-refractivity contribution in [1.29, 1.82) is 0 Å². The zero-order chi connectivity index (χ0) is 18.2. The highest BCUT2D eigenvalue weighted by atomic mass is 16.5. The third kappa shape index (κ3) is 5.31. The normalized spacial score (nSPS) is 14.6. The summed E-state index contributed by atoms with van der Waals surface area (Å²) in [6.45, 7) is 2.29. The lowest BCUT2D eigenvalue weighted by atomic mass is 9.89. The SMILES string of the molecule is COC(=O)c1ccc(N(CCNC(=O)C2CCCCC2)C(C)=O)cc1. The largest absolute Gasteiger partial charge is 0.465 e. The quantitative estimate of drug-likeness (QED) is 0.803. The van der Waals surface area contributed by atoms with Gasteiger partial charge in [-0.2, -0.15) is 0 Å². The molecule has 0 bridgehead atoms. The summed E-state index contributed by atoms with van der Waals surface area (Å²) in [5, 5.41) is 2.94. The van der Waals surface area contributed by atoms with Gasteiger partial charge in [0.15, 0.2) is 0 Å². The van der Waals surface area contributed by atoms with E-state index in [4.69, 9.17) is 0 Å². The van der Waals surface area contributed by atoms with Crippen molar-refractivity contribution in [1.82, 2.24) is 5.32 Å². The number of nitrogens with zero attached hydrogens (tertiary/aromatic N) is 1. The lowest BCUT2D eigenvalue weighted by Crippen LogP contribution is -2.40. The highest BCUT2D eigenvalue weighted by molar-refractivity contribution is 5.93. The summed E-state index contributed by atoms with van der Waals surface area (Å²) in [5.41, 5.74) is 1.12. The fourth-order valence-corrected chi connectivity index (χ4v) is 3.16. The molecular weight excluding hydrogens is 320 g/mol. The Morgan fingerprint density at radius 1 is 1.12 bits per heavy atom. The van der Waals surface area contributed by atoms with E-state index in [1.54, 1.807) is 29.2 Å².